The molecule has 0 spiro atoms. The van der Waals surface area contributed by atoms with Crippen LogP contribution in [0.4, 0.5) is 11.5 Å². The molecule has 3 heterocycles. The van der Waals surface area contributed by atoms with Crippen LogP contribution in [0.3, 0.4) is 0 Å². The molecule has 2 saturated heterocycles. The fourth-order valence-corrected chi connectivity index (χ4v) is 6.30. The van der Waals surface area contributed by atoms with Crippen LogP contribution in [0.25, 0.3) is 0 Å². The van der Waals surface area contributed by atoms with Crippen LogP contribution in [0.1, 0.15) is 35.2 Å². The first-order valence-electron chi connectivity index (χ1n) is 13.6. The smallest absolute Gasteiger partial charge is 0.251 e. The molecule has 10 heteroatoms. The largest absolute Gasteiger partial charge is 0.367 e. The molecule has 2 fully saturated rings. The first-order chi connectivity index (χ1) is 19.0. The molecular weight excluding hydrogens is 551 g/mol. The van der Waals surface area contributed by atoms with Gasteiger partial charge in [0, 0.05) is 56.7 Å². The molecule has 2 aliphatic heterocycles. The quantitative estimate of drug-likeness (QED) is 0.199. The zero-order valence-electron chi connectivity index (χ0n) is 22.0. The van der Waals surface area contributed by atoms with Crippen LogP contribution >= 0.6 is 35.0 Å². The van der Waals surface area contributed by atoms with Crippen LogP contribution in [0.2, 0.25) is 10.2 Å². The van der Waals surface area contributed by atoms with Gasteiger partial charge in [-0.25, -0.2) is 9.97 Å². The van der Waals surface area contributed by atoms with Crippen LogP contribution in [-0.4, -0.2) is 73.1 Å². The molecule has 0 radical (unpaired) electrons. The second kappa shape index (κ2) is 13.7. The van der Waals surface area contributed by atoms with E-state index in [4.69, 9.17) is 28.2 Å². The topological polar surface area (TPSA) is 64.6 Å². The minimum Gasteiger partial charge on any atom is -0.367 e. The maximum atomic E-state index is 12.5. The van der Waals surface area contributed by atoms with Crippen LogP contribution in [0.5, 0.6) is 0 Å². The van der Waals surface area contributed by atoms with Crippen molar-refractivity contribution in [1.29, 1.82) is 0 Å². The van der Waals surface area contributed by atoms with E-state index in [1.54, 1.807) is 11.8 Å². The summed E-state index contributed by atoms with van der Waals surface area (Å²) in [4.78, 5) is 28.7. The number of hydrogen-bond acceptors (Lipinski definition) is 7. The number of likely N-dealkylation sites (tertiary alicyclic amines) is 1. The van der Waals surface area contributed by atoms with Gasteiger partial charge in [-0.05, 0) is 55.8 Å². The van der Waals surface area contributed by atoms with Crippen molar-refractivity contribution in [3.63, 3.8) is 0 Å². The highest BCUT2D eigenvalue weighted by atomic mass is 35.5. The monoisotopic (exact) mass is 584 g/mol. The highest BCUT2D eigenvalue weighted by molar-refractivity contribution is 7.98. The number of piperidine rings is 1. The maximum absolute atomic E-state index is 12.5. The summed E-state index contributed by atoms with van der Waals surface area (Å²) in [6.07, 6.45) is 3.84. The van der Waals surface area contributed by atoms with Gasteiger partial charge in [0.2, 0.25) is 0 Å². The van der Waals surface area contributed by atoms with Crippen molar-refractivity contribution in [2.24, 2.45) is 0 Å². The molecular formula is C29H34Cl2N6OS. The Kier molecular flexibility index (Phi) is 9.85. The average molecular weight is 586 g/mol. The molecule has 0 atom stereocenters. The highest BCUT2D eigenvalue weighted by Crippen LogP contribution is 2.29. The summed E-state index contributed by atoms with van der Waals surface area (Å²) in [7, 11) is 0. The van der Waals surface area contributed by atoms with Crippen LogP contribution in [0.15, 0.2) is 59.8 Å². The summed E-state index contributed by atoms with van der Waals surface area (Å²) < 4.78 is 0. The van der Waals surface area contributed by atoms with Crippen LogP contribution in [0, 0.1) is 0 Å². The van der Waals surface area contributed by atoms with Crippen LogP contribution in [-0.2, 0) is 5.75 Å². The molecule has 0 saturated carbocycles. The zero-order valence-corrected chi connectivity index (χ0v) is 24.3. The Bertz CT molecular complexity index is 1250. The maximum Gasteiger partial charge on any atom is 0.251 e. The molecule has 2 aliphatic rings. The lowest BCUT2D eigenvalue weighted by Gasteiger charge is -2.37. The molecule has 5 rings (SSSR count). The molecule has 3 aromatic rings. The SMILES string of the molecule is O=C(NCCN1CCCCC1)c1ccc(CSc2nc(Cl)cc(N3CCN(c4ccccc4Cl)CC3)n2)cc1. The lowest BCUT2D eigenvalue weighted by Crippen LogP contribution is -2.47. The van der Waals surface area contributed by atoms with Gasteiger partial charge < -0.3 is 20.0 Å². The molecule has 206 valence electrons. The number of amides is 1. The van der Waals surface area contributed by atoms with Gasteiger partial charge in [-0.3, -0.25) is 4.79 Å². The second-order valence-corrected chi connectivity index (χ2v) is 11.6. The number of aromatic nitrogens is 2. The van der Waals surface area contributed by atoms with E-state index < -0.39 is 0 Å². The number of carbonyl (C=O) groups excluding carboxylic acids is 1. The Labute approximate surface area is 244 Å². The molecule has 0 unspecified atom stereocenters. The van der Waals surface area contributed by atoms with Gasteiger partial charge in [0.05, 0.1) is 10.7 Å². The van der Waals surface area contributed by atoms with Crippen molar-refractivity contribution in [3.05, 3.63) is 75.9 Å². The van der Waals surface area contributed by atoms with Crippen molar-refractivity contribution in [3.8, 4) is 0 Å². The molecule has 39 heavy (non-hydrogen) atoms. The molecule has 0 bridgehead atoms. The van der Waals surface area contributed by atoms with Crippen molar-refractivity contribution >= 4 is 52.4 Å². The average Bonchev–Trinajstić information content (AvgIpc) is 2.97. The van der Waals surface area contributed by atoms with Gasteiger partial charge >= 0.3 is 0 Å². The first kappa shape index (κ1) is 28.0. The fraction of sp³-hybridized carbons (Fsp3) is 0.414. The molecule has 0 aliphatic carbocycles. The van der Waals surface area contributed by atoms with Crippen molar-refractivity contribution in [1.82, 2.24) is 20.2 Å². The summed E-state index contributed by atoms with van der Waals surface area (Å²) in [5.41, 5.74) is 2.85. The lowest BCUT2D eigenvalue weighted by molar-refractivity contribution is 0.0946. The zero-order chi connectivity index (χ0) is 27.0. The summed E-state index contributed by atoms with van der Waals surface area (Å²) in [5, 5.41) is 4.90. The molecule has 1 aromatic heterocycles. The van der Waals surface area contributed by atoms with E-state index in [1.165, 1.54) is 19.3 Å². The molecule has 1 amide bonds. The number of carbonyl (C=O) groups is 1. The number of benzene rings is 2. The minimum atomic E-state index is -0.0244. The minimum absolute atomic E-state index is 0.0244. The number of nitrogens with zero attached hydrogens (tertiary/aromatic N) is 5. The number of halogens is 2. The Morgan fingerprint density at radius 2 is 1.59 bits per heavy atom. The van der Waals surface area contributed by atoms with Gasteiger partial charge in [0.1, 0.15) is 11.0 Å². The standard InChI is InChI=1S/C29H34Cl2N6OS/c30-24-6-2-3-7-25(24)36-16-18-37(19-17-36)27-20-26(31)33-29(34-27)39-21-22-8-10-23(11-9-22)28(38)32-12-15-35-13-4-1-5-14-35/h2-3,6-11,20H,1,4-5,12-19,21H2,(H,32,38). The number of nitrogens with one attached hydrogen (secondary N) is 1. The third kappa shape index (κ3) is 7.78. The number of thioether (sulfide) groups is 1. The van der Waals surface area contributed by atoms with E-state index in [1.807, 2.05) is 48.5 Å². The summed E-state index contributed by atoms with van der Waals surface area (Å²) in [6, 6.07) is 17.5. The van der Waals surface area contributed by atoms with Gasteiger partial charge in [-0.1, -0.05) is 65.7 Å². The van der Waals surface area contributed by atoms with E-state index in [9.17, 15) is 4.79 Å². The number of para-hydroxylation sites is 1. The third-order valence-electron chi connectivity index (χ3n) is 7.20. The first-order valence-corrected chi connectivity index (χ1v) is 15.3. The van der Waals surface area contributed by atoms with Gasteiger partial charge in [-0.2, -0.15) is 0 Å². The highest BCUT2D eigenvalue weighted by Gasteiger charge is 2.21. The van der Waals surface area contributed by atoms with E-state index >= 15 is 0 Å². The normalized spacial score (nSPS) is 16.4. The Morgan fingerprint density at radius 1 is 0.872 bits per heavy atom. The number of anilines is 2. The van der Waals surface area contributed by atoms with Gasteiger partial charge in [0.25, 0.3) is 5.91 Å². The summed E-state index contributed by atoms with van der Waals surface area (Å²) in [6.45, 7) is 7.23. The number of hydrogen-bond donors (Lipinski definition) is 1. The van der Waals surface area contributed by atoms with Gasteiger partial charge in [0.15, 0.2) is 5.16 Å². The van der Waals surface area contributed by atoms with E-state index in [2.05, 4.69) is 31.1 Å². The van der Waals surface area contributed by atoms with Crippen molar-refractivity contribution in [2.75, 3.05) is 62.2 Å². The Morgan fingerprint density at radius 3 is 2.33 bits per heavy atom. The van der Waals surface area contributed by atoms with Crippen molar-refractivity contribution < 1.29 is 4.79 Å². The fourth-order valence-electron chi connectivity index (χ4n) is 5.01. The van der Waals surface area contributed by atoms with E-state index in [0.29, 0.717) is 28.2 Å². The number of piperazine rings is 1. The summed E-state index contributed by atoms with van der Waals surface area (Å²) in [5.74, 6) is 1.51. The van der Waals surface area contributed by atoms with Gasteiger partial charge in [-0.15, -0.1) is 0 Å². The third-order valence-corrected chi connectivity index (χ3v) is 8.64. The molecule has 7 nitrogen and oxygen atoms in total. The summed E-state index contributed by atoms with van der Waals surface area (Å²) >= 11 is 14.3. The lowest BCUT2D eigenvalue weighted by atomic mass is 10.1. The second-order valence-electron chi connectivity index (χ2n) is 9.90. The predicted octanol–water partition coefficient (Wildman–Crippen LogP) is 5.62. The van der Waals surface area contributed by atoms with Crippen LogP contribution < -0.4 is 15.1 Å². The predicted molar refractivity (Wildman–Crippen MR) is 162 cm³/mol. The van der Waals surface area contributed by atoms with E-state index in [-0.39, 0.29) is 5.91 Å². The number of rotatable bonds is 9. The Balaban J connectivity index is 1.11. The molecule has 2 aromatic carbocycles. The Hall–Kier alpha value is -2.52. The molecule has 1 N–H and O–H groups in total. The van der Waals surface area contributed by atoms with Crippen molar-refractivity contribution in [2.45, 2.75) is 30.2 Å². The van der Waals surface area contributed by atoms with E-state index in [0.717, 1.165) is 67.9 Å².